The highest BCUT2D eigenvalue weighted by molar-refractivity contribution is 5.16. The van der Waals surface area contributed by atoms with Gasteiger partial charge in [0, 0.05) is 24.7 Å². The standard InChI is InChI=1S/C16H29N3O/c1-4-17-11-14-8-10-20-16(14)13-18(3)12-15-7-6-9-19(15)5-2/h8,10,15,17H,4-7,9,11-13H2,1-3H3. The summed E-state index contributed by atoms with van der Waals surface area (Å²) in [5, 5.41) is 3.37. The molecule has 114 valence electrons. The number of hydrogen-bond donors (Lipinski definition) is 1. The summed E-state index contributed by atoms with van der Waals surface area (Å²) < 4.78 is 5.65. The number of nitrogens with one attached hydrogen (secondary N) is 1. The summed E-state index contributed by atoms with van der Waals surface area (Å²) in [6, 6.07) is 2.80. The Morgan fingerprint density at radius 2 is 2.30 bits per heavy atom. The van der Waals surface area contributed by atoms with Gasteiger partial charge in [0.2, 0.25) is 0 Å². The Morgan fingerprint density at radius 3 is 3.05 bits per heavy atom. The molecule has 1 atom stereocenters. The van der Waals surface area contributed by atoms with E-state index in [4.69, 9.17) is 4.42 Å². The predicted octanol–water partition coefficient (Wildman–Crippen LogP) is 2.31. The smallest absolute Gasteiger partial charge is 0.122 e. The lowest BCUT2D eigenvalue weighted by molar-refractivity contribution is 0.187. The average Bonchev–Trinajstić information content (AvgIpc) is 3.05. The van der Waals surface area contributed by atoms with Crippen LogP contribution in [0.2, 0.25) is 0 Å². The quantitative estimate of drug-likeness (QED) is 0.791. The number of hydrogen-bond acceptors (Lipinski definition) is 4. The van der Waals surface area contributed by atoms with Gasteiger partial charge in [-0.2, -0.15) is 0 Å². The fraction of sp³-hybridized carbons (Fsp3) is 0.750. The normalized spacial score (nSPS) is 20.1. The van der Waals surface area contributed by atoms with Gasteiger partial charge in [0.25, 0.3) is 0 Å². The summed E-state index contributed by atoms with van der Waals surface area (Å²) >= 11 is 0. The zero-order valence-corrected chi connectivity index (χ0v) is 13.2. The van der Waals surface area contributed by atoms with Gasteiger partial charge in [-0.1, -0.05) is 13.8 Å². The minimum Gasteiger partial charge on any atom is -0.468 e. The first-order valence-corrected chi connectivity index (χ1v) is 7.93. The van der Waals surface area contributed by atoms with Gasteiger partial charge in [0.1, 0.15) is 5.76 Å². The van der Waals surface area contributed by atoms with E-state index >= 15 is 0 Å². The molecule has 1 N–H and O–H groups in total. The third-order valence-corrected chi connectivity index (χ3v) is 4.24. The van der Waals surface area contributed by atoms with E-state index in [-0.39, 0.29) is 0 Å². The van der Waals surface area contributed by atoms with Crippen molar-refractivity contribution in [1.29, 1.82) is 0 Å². The second kappa shape index (κ2) is 7.81. The van der Waals surface area contributed by atoms with Gasteiger partial charge in [0.15, 0.2) is 0 Å². The molecule has 1 aliphatic rings. The van der Waals surface area contributed by atoms with Gasteiger partial charge in [-0.25, -0.2) is 0 Å². The molecule has 1 unspecified atom stereocenters. The van der Waals surface area contributed by atoms with Crippen molar-refractivity contribution in [2.75, 3.05) is 33.2 Å². The molecule has 0 amide bonds. The highest BCUT2D eigenvalue weighted by Gasteiger charge is 2.24. The van der Waals surface area contributed by atoms with E-state index in [0.717, 1.165) is 38.0 Å². The number of likely N-dealkylation sites (tertiary alicyclic amines) is 1. The first-order valence-electron chi connectivity index (χ1n) is 7.93. The van der Waals surface area contributed by atoms with Crippen LogP contribution in [0, 0.1) is 0 Å². The molecule has 20 heavy (non-hydrogen) atoms. The van der Waals surface area contributed by atoms with Crippen molar-refractivity contribution in [3.63, 3.8) is 0 Å². The summed E-state index contributed by atoms with van der Waals surface area (Å²) in [5.74, 6) is 1.11. The van der Waals surface area contributed by atoms with Crippen LogP contribution in [0.3, 0.4) is 0 Å². The van der Waals surface area contributed by atoms with Crippen LogP contribution in [-0.4, -0.2) is 49.1 Å². The molecule has 0 aromatic carbocycles. The lowest BCUT2D eigenvalue weighted by atomic mass is 10.2. The molecule has 2 heterocycles. The Bertz CT molecular complexity index is 391. The summed E-state index contributed by atoms with van der Waals surface area (Å²) in [5.41, 5.74) is 1.29. The fourth-order valence-electron chi connectivity index (χ4n) is 3.11. The lowest BCUT2D eigenvalue weighted by Crippen LogP contribution is -2.38. The van der Waals surface area contributed by atoms with Gasteiger partial charge in [-0.05, 0) is 45.6 Å². The van der Waals surface area contributed by atoms with Crippen LogP contribution in [0.4, 0.5) is 0 Å². The van der Waals surface area contributed by atoms with E-state index in [1.807, 2.05) is 6.26 Å². The molecule has 0 bridgehead atoms. The van der Waals surface area contributed by atoms with Crippen LogP contribution in [0.15, 0.2) is 16.7 Å². The molecule has 1 aromatic rings. The van der Waals surface area contributed by atoms with Crippen LogP contribution in [0.5, 0.6) is 0 Å². The molecule has 1 saturated heterocycles. The third-order valence-electron chi connectivity index (χ3n) is 4.24. The Kier molecular flexibility index (Phi) is 6.07. The maximum absolute atomic E-state index is 5.65. The molecular weight excluding hydrogens is 250 g/mol. The van der Waals surface area contributed by atoms with Gasteiger partial charge in [0.05, 0.1) is 12.8 Å². The Morgan fingerprint density at radius 1 is 1.45 bits per heavy atom. The molecule has 1 aliphatic heterocycles. The lowest BCUT2D eigenvalue weighted by Gasteiger charge is -2.27. The van der Waals surface area contributed by atoms with Crippen LogP contribution in [0.1, 0.15) is 38.0 Å². The summed E-state index contributed by atoms with van der Waals surface area (Å²) in [6.45, 7) is 10.8. The van der Waals surface area contributed by atoms with Crippen molar-refractivity contribution in [3.05, 3.63) is 23.7 Å². The van der Waals surface area contributed by atoms with Gasteiger partial charge >= 0.3 is 0 Å². The molecule has 4 nitrogen and oxygen atoms in total. The van der Waals surface area contributed by atoms with E-state index < -0.39 is 0 Å². The molecule has 2 rings (SSSR count). The van der Waals surface area contributed by atoms with Crippen molar-refractivity contribution in [1.82, 2.24) is 15.1 Å². The Labute approximate surface area is 123 Å². The Balaban J connectivity index is 1.84. The molecule has 1 fully saturated rings. The average molecular weight is 279 g/mol. The number of nitrogens with zero attached hydrogens (tertiary/aromatic N) is 2. The molecular formula is C16H29N3O. The minimum absolute atomic E-state index is 0.720. The van der Waals surface area contributed by atoms with Crippen LogP contribution < -0.4 is 5.32 Å². The second-order valence-electron chi connectivity index (χ2n) is 5.77. The monoisotopic (exact) mass is 279 g/mol. The van der Waals surface area contributed by atoms with E-state index in [0.29, 0.717) is 0 Å². The first-order chi connectivity index (χ1) is 9.74. The minimum atomic E-state index is 0.720. The van der Waals surface area contributed by atoms with Crippen LogP contribution >= 0.6 is 0 Å². The van der Waals surface area contributed by atoms with Gasteiger partial charge in [-0.3, -0.25) is 9.80 Å². The van der Waals surface area contributed by atoms with E-state index in [1.54, 1.807) is 0 Å². The largest absolute Gasteiger partial charge is 0.468 e. The zero-order chi connectivity index (χ0) is 14.4. The number of likely N-dealkylation sites (N-methyl/N-ethyl adjacent to an activating group) is 2. The molecule has 0 radical (unpaired) electrons. The second-order valence-corrected chi connectivity index (χ2v) is 5.77. The van der Waals surface area contributed by atoms with Crippen LogP contribution in [-0.2, 0) is 13.1 Å². The van der Waals surface area contributed by atoms with Crippen LogP contribution in [0.25, 0.3) is 0 Å². The predicted molar refractivity (Wildman–Crippen MR) is 82.7 cm³/mol. The van der Waals surface area contributed by atoms with Crippen molar-refractivity contribution >= 4 is 0 Å². The maximum Gasteiger partial charge on any atom is 0.122 e. The van der Waals surface area contributed by atoms with Crippen molar-refractivity contribution < 1.29 is 4.42 Å². The SMILES string of the molecule is CCNCc1ccoc1CN(C)CC1CCCN1CC. The molecule has 4 heteroatoms. The summed E-state index contributed by atoms with van der Waals surface area (Å²) in [6.07, 6.45) is 4.49. The molecule has 1 aromatic heterocycles. The number of furan rings is 1. The summed E-state index contributed by atoms with van der Waals surface area (Å²) in [7, 11) is 2.20. The van der Waals surface area contributed by atoms with Crippen molar-refractivity contribution in [2.24, 2.45) is 0 Å². The Hall–Kier alpha value is -0.840. The molecule has 0 saturated carbocycles. The summed E-state index contributed by atoms with van der Waals surface area (Å²) in [4.78, 5) is 4.99. The highest BCUT2D eigenvalue weighted by Crippen LogP contribution is 2.19. The fourth-order valence-corrected chi connectivity index (χ4v) is 3.11. The topological polar surface area (TPSA) is 31.7 Å². The van der Waals surface area contributed by atoms with E-state index in [2.05, 4.69) is 42.1 Å². The van der Waals surface area contributed by atoms with Crippen molar-refractivity contribution in [3.8, 4) is 0 Å². The molecule has 0 spiro atoms. The van der Waals surface area contributed by atoms with Crippen molar-refractivity contribution in [2.45, 2.75) is 45.8 Å². The maximum atomic E-state index is 5.65. The molecule has 0 aliphatic carbocycles. The zero-order valence-electron chi connectivity index (χ0n) is 13.2. The highest BCUT2D eigenvalue weighted by atomic mass is 16.3. The first kappa shape index (κ1) is 15.5. The van der Waals surface area contributed by atoms with Gasteiger partial charge < -0.3 is 9.73 Å². The van der Waals surface area contributed by atoms with E-state index in [1.165, 1.54) is 31.5 Å². The number of rotatable bonds is 8. The van der Waals surface area contributed by atoms with Gasteiger partial charge in [-0.15, -0.1) is 0 Å². The third kappa shape index (κ3) is 4.08. The van der Waals surface area contributed by atoms with E-state index in [9.17, 15) is 0 Å².